The molecule has 0 N–H and O–H groups in total. The molecule has 5 heteroatoms. The van der Waals surface area contributed by atoms with Crippen LogP contribution in [0.1, 0.15) is 28.4 Å². The molecule has 5 nitrogen and oxygen atoms in total. The van der Waals surface area contributed by atoms with Crippen LogP contribution < -0.4 is 9.47 Å². The number of para-hydroxylation sites is 1. The van der Waals surface area contributed by atoms with Gasteiger partial charge >= 0.3 is 0 Å². The lowest BCUT2D eigenvalue weighted by Crippen LogP contribution is -2.36. The molecule has 0 aliphatic carbocycles. The largest absolute Gasteiger partial charge is 0.494 e. The van der Waals surface area contributed by atoms with Gasteiger partial charge in [0.15, 0.2) is 0 Å². The van der Waals surface area contributed by atoms with E-state index in [9.17, 15) is 4.79 Å². The number of amides is 1. The quantitative estimate of drug-likeness (QED) is 0.661. The lowest BCUT2D eigenvalue weighted by Gasteiger charge is -2.29. The van der Waals surface area contributed by atoms with Crippen molar-refractivity contribution in [3.8, 4) is 17.4 Å². The summed E-state index contributed by atoms with van der Waals surface area (Å²) in [5.41, 5.74) is 2.86. The predicted octanol–water partition coefficient (Wildman–Crippen LogP) is 4.47. The second-order valence-electron chi connectivity index (χ2n) is 6.61. The topological polar surface area (TPSA) is 51.7 Å². The molecule has 2 heterocycles. The van der Waals surface area contributed by atoms with Crippen LogP contribution in [0.4, 0.5) is 0 Å². The van der Waals surface area contributed by atoms with E-state index < -0.39 is 0 Å². The summed E-state index contributed by atoms with van der Waals surface area (Å²) in [5.74, 6) is 1.74. The molecule has 0 bridgehead atoms. The predicted molar refractivity (Wildman–Crippen MR) is 107 cm³/mol. The summed E-state index contributed by atoms with van der Waals surface area (Å²) in [7, 11) is 0. The van der Waals surface area contributed by atoms with E-state index in [-0.39, 0.29) is 5.91 Å². The Morgan fingerprint density at radius 1 is 1.04 bits per heavy atom. The zero-order valence-corrected chi connectivity index (χ0v) is 15.8. The summed E-state index contributed by atoms with van der Waals surface area (Å²) in [6.07, 6.45) is 2.46. The average Bonchev–Trinajstić information content (AvgIpc) is 2.74. The van der Waals surface area contributed by atoms with Crippen LogP contribution in [0.2, 0.25) is 0 Å². The summed E-state index contributed by atoms with van der Waals surface area (Å²) in [6, 6.07) is 19.0. The van der Waals surface area contributed by atoms with E-state index in [2.05, 4.69) is 11.1 Å². The first-order chi connectivity index (χ1) is 13.7. The molecule has 0 unspecified atom stereocenters. The number of fused-ring (bicyclic) bond motifs is 1. The minimum absolute atomic E-state index is 0.0773. The standard InChI is InChI=1S/C23H22N2O3/c1-2-27-20-11-10-17-12-14-25(16-18(17)15-20)23(26)21-9-6-13-24-22(21)28-19-7-4-3-5-8-19/h3-11,13,15H,2,12,14,16H2,1H3. The van der Waals surface area contributed by atoms with E-state index in [1.807, 2.05) is 54.3 Å². The second-order valence-corrected chi connectivity index (χ2v) is 6.61. The van der Waals surface area contributed by atoms with Crippen molar-refractivity contribution in [1.29, 1.82) is 0 Å². The van der Waals surface area contributed by atoms with Gasteiger partial charge < -0.3 is 14.4 Å². The van der Waals surface area contributed by atoms with Crippen molar-refractivity contribution in [3.05, 3.63) is 83.6 Å². The van der Waals surface area contributed by atoms with Crippen LogP contribution in [0.3, 0.4) is 0 Å². The van der Waals surface area contributed by atoms with Gasteiger partial charge in [-0.25, -0.2) is 4.98 Å². The highest BCUT2D eigenvalue weighted by atomic mass is 16.5. The van der Waals surface area contributed by atoms with E-state index in [4.69, 9.17) is 9.47 Å². The number of carbonyl (C=O) groups is 1. The molecule has 1 amide bonds. The molecule has 1 aliphatic rings. The molecule has 1 aromatic heterocycles. The number of rotatable bonds is 5. The first-order valence-corrected chi connectivity index (χ1v) is 9.46. The highest BCUT2D eigenvalue weighted by Gasteiger charge is 2.25. The van der Waals surface area contributed by atoms with Gasteiger partial charge in [0.1, 0.15) is 17.1 Å². The molecule has 1 aliphatic heterocycles. The molecule has 28 heavy (non-hydrogen) atoms. The fourth-order valence-electron chi connectivity index (χ4n) is 3.37. The number of hydrogen-bond acceptors (Lipinski definition) is 4. The Kier molecular flexibility index (Phi) is 5.24. The number of aromatic nitrogens is 1. The van der Waals surface area contributed by atoms with Gasteiger partial charge in [0.25, 0.3) is 5.91 Å². The van der Waals surface area contributed by atoms with Gasteiger partial charge in [0, 0.05) is 19.3 Å². The van der Waals surface area contributed by atoms with E-state index >= 15 is 0 Å². The fraction of sp³-hybridized carbons (Fsp3) is 0.217. The van der Waals surface area contributed by atoms with Gasteiger partial charge in [0.05, 0.1) is 6.61 Å². The van der Waals surface area contributed by atoms with Crippen molar-refractivity contribution >= 4 is 5.91 Å². The van der Waals surface area contributed by atoms with Crippen LogP contribution in [0, 0.1) is 0 Å². The molecular weight excluding hydrogens is 352 g/mol. The molecule has 142 valence electrons. The fourth-order valence-corrected chi connectivity index (χ4v) is 3.37. The Morgan fingerprint density at radius 3 is 2.71 bits per heavy atom. The van der Waals surface area contributed by atoms with Crippen LogP contribution in [-0.4, -0.2) is 28.9 Å². The molecule has 0 saturated heterocycles. The number of pyridine rings is 1. The number of hydrogen-bond donors (Lipinski definition) is 0. The summed E-state index contributed by atoms with van der Waals surface area (Å²) >= 11 is 0. The SMILES string of the molecule is CCOc1ccc2c(c1)CN(C(=O)c1cccnc1Oc1ccccc1)CC2. The van der Waals surface area contributed by atoms with Crippen molar-refractivity contribution in [2.24, 2.45) is 0 Å². The molecule has 0 fully saturated rings. The molecule has 0 radical (unpaired) electrons. The Hall–Kier alpha value is -3.34. The maximum Gasteiger partial charge on any atom is 0.259 e. The highest BCUT2D eigenvalue weighted by molar-refractivity contribution is 5.96. The van der Waals surface area contributed by atoms with E-state index in [0.717, 1.165) is 17.7 Å². The molecular formula is C23H22N2O3. The third-order valence-corrected chi connectivity index (χ3v) is 4.75. The summed E-state index contributed by atoms with van der Waals surface area (Å²) < 4.78 is 11.5. The molecule has 0 spiro atoms. The first-order valence-electron chi connectivity index (χ1n) is 9.46. The van der Waals surface area contributed by atoms with Gasteiger partial charge in [-0.05, 0) is 60.9 Å². The lowest BCUT2D eigenvalue weighted by molar-refractivity contribution is 0.0731. The maximum absolute atomic E-state index is 13.2. The normalized spacial score (nSPS) is 13.0. The van der Waals surface area contributed by atoms with Gasteiger partial charge in [-0.2, -0.15) is 0 Å². The minimum atomic E-state index is -0.0773. The number of ether oxygens (including phenoxy) is 2. The number of carbonyl (C=O) groups excluding carboxylic acids is 1. The highest BCUT2D eigenvalue weighted by Crippen LogP contribution is 2.28. The Bertz CT molecular complexity index is 973. The van der Waals surface area contributed by atoms with E-state index in [1.165, 1.54) is 5.56 Å². The number of nitrogens with zero attached hydrogens (tertiary/aromatic N) is 2. The maximum atomic E-state index is 13.2. The van der Waals surface area contributed by atoms with Gasteiger partial charge in [-0.1, -0.05) is 24.3 Å². The summed E-state index contributed by atoms with van der Waals surface area (Å²) in [6.45, 7) is 3.80. The third-order valence-electron chi connectivity index (χ3n) is 4.75. The monoisotopic (exact) mass is 374 g/mol. The van der Waals surface area contributed by atoms with Crippen LogP contribution in [0.25, 0.3) is 0 Å². The van der Waals surface area contributed by atoms with Crippen molar-refractivity contribution in [2.75, 3.05) is 13.2 Å². The van der Waals surface area contributed by atoms with Gasteiger partial charge in [-0.3, -0.25) is 4.79 Å². The Morgan fingerprint density at radius 2 is 1.89 bits per heavy atom. The minimum Gasteiger partial charge on any atom is -0.494 e. The average molecular weight is 374 g/mol. The molecule has 4 rings (SSSR count). The first kappa shape index (κ1) is 18.0. The smallest absolute Gasteiger partial charge is 0.259 e. The van der Waals surface area contributed by atoms with Crippen LogP contribution >= 0.6 is 0 Å². The van der Waals surface area contributed by atoms with Gasteiger partial charge in [0.2, 0.25) is 5.88 Å². The molecule has 2 aromatic carbocycles. The zero-order chi connectivity index (χ0) is 19.3. The van der Waals surface area contributed by atoms with Crippen molar-refractivity contribution < 1.29 is 14.3 Å². The second kappa shape index (κ2) is 8.13. The Labute approximate surface area is 164 Å². The van der Waals surface area contributed by atoms with Gasteiger partial charge in [-0.15, -0.1) is 0 Å². The van der Waals surface area contributed by atoms with E-state index in [1.54, 1.807) is 18.3 Å². The van der Waals surface area contributed by atoms with Crippen molar-refractivity contribution in [3.63, 3.8) is 0 Å². The zero-order valence-electron chi connectivity index (χ0n) is 15.8. The van der Waals surface area contributed by atoms with Crippen molar-refractivity contribution in [1.82, 2.24) is 9.88 Å². The molecule has 0 atom stereocenters. The molecule has 0 saturated carbocycles. The Balaban J connectivity index is 1.56. The third kappa shape index (κ3) is 3.83. The van der Waals surface area contributed by atoms with Crippen LogP contribution in [0.15, 0.2) is 66.9 Å². The van der Waals surface area contributed by atoms with E-state index in [0.29, 0.717) is 36.9 Å². The van der Waals surface area contributed by atoms with Crippen molar-refractivity contribution in [2.45, 2.75) is 19.9 Å². The molecule has 3 aromatic rings. The summed E-state index contributed by atoms with van der Waals surface area (Å²) in [5, 5.41) is 0. The van der Waals surface area contributed by atoms with Crippen LogP contribution in [-0.2, 0) is 13.0 Å². The summed E-state index contributed by atoms with van der Waals surface area (Å²) in [4.78, 5) is 19.3. The van der Waals surface area contributed by atoms with Crippen LogP contribution in [0.5, 0.6) is 17.4 Å². The lowest BCUT2D eigenvalue weighted by atomic mass is 9.99. The number of benzene rings is 2.